The monoisotopic (exact) mass is 403 g/mol. The summed E-state index contributed by atoms with van der Waals surface area (Å²) in [5, 5.41) is 7.73. The van der Waals surface area contributed by atoms with Crippen LogP contribution in [0.4, 0.5) is 5.69 Å². The third kappa shape index (κ3) is 3.73. The largest absolute Gasteiger partial charge is 0.326 e. The first-order chi connectivity index (χ1) is 9.47. The number of carbonyl (C=O) groups excluding carboxylic acids is 1. The van der Waals surface area contributed by atoms with Crippen LogP contribution >= 0.6 is 34.2 Å². The van der Waals surface area contributed by atoms with Gasteiger partial charge < -0.3 is 5.32 Å². The number of benzene rings is 1. The predicted molar refractivity (Wildman–Crippen MR) is 89.1 cm³/mol. The van der Waals surface area contributed by atoms with Crippen molar-refractivity contribution in [2.45, 2.75) is 26.8 Å². The van der Waals surface area contributed by atoms with Gasteiger partial charge in [-0.15, -0.1) is 0 Å². The molecule has 1 amide bonds. The Kier molecular flexibility index (Phi) is 5.04. The number of nitrogens with one attached hydrogen (secondary N) is 1. The van der Waals surface area contributed by atoms with Gasteiger partial charge >= 0.3 is 0 Å². The number of aromatic nitrogens is 2. The van der Waals surface area contributed by atoms with Crippen molar-refractivity contribution in [2.75, 3.05) is 5.32 Å². The highest BCUT2D eigenvalue weighted by atomic mass is 127. The Bertz CT molecular complexity index is 639. The van der Waals surface area contributed by atoms with Crippen molar-refractivity contribution < 1.29 is 4.79 Å². The molecule has 0 bridgehead atoms. The first-order valence-electron chi connectivity index (χ1n) is 6.21. The minimum Gasteiger partial charge on any atom is -0.326 e. The van der Waals surface area contributed by atoms with Crippen molar-refractivity contribution >= 4 is 45.8 Å². The maximum absolute atomic E-state index is 12.0. The van der Waals surface area contributed by atoms with Gasteiger partial charge in [-0.2, -0.15) is 5.10 Å². The molecule has 2 aromatic rings. The predicted octanol–water partition coefficient (Wildman–Crippen LogP) is 3.79. The molecule has 0 saturated heterocycles. The van der Waals surface area contributed by atoms with Crippen LogP contribution in [-0.4, -0.2) is 15.7 Å². The van der Waals surface area contributed by atoms with E-state index in [-0.39, 0.29) is 5.91 Å². The second-order valence-electron chi connectivity index (χ2n) is 4.56. The minimum atomic E-state index is -0.0414. The van der Waals surface area contributed by atoms with Crippen molar-refractivity contribution in [1.82, 2.24) is 9.78 Å². The van der Waals surface area contributed by atoms with Gasteiger partial charge in [0.1, 0.15) is 0 Å². The van der Waals surface area contributed by atoms with E-state index in [0.29, 0.717) is 18.0 Å². The van der Waals surface area contributed by atoms with Crippen LogP contribution in [0.15, 0.2) is 24.4 Å². The zero-order chi connectivity index (χ0) is 14.7. The Hall–Kier alpha value is -1.08. The van der Waals surface area contributed by atoms with Gasteiger partial charge in [-0.25, -0.2) is 0 Å². The number of aryl methyl sites for hydroxylation is 2. The van der Waals surface area contributed by atoms with Crippen LogP contribution in [0, 0.1) is 17.4 Å². The van der Waals surface area contributed by atoms with Crippen LogP contribution in [0.2, 0.25) is 5.02 Å². The number of nitrogens with zero attached hydrogens (tertiary/aromatic N) is 2. The van der Waals surface area contributed by atoms with Crippen molar-refractivity contribution in [3.05, 3.63) is 44.2 Å². The lowest BCUT2D eigenvalue weighted by Gasteiger charge is -2.09. The van der Waals surface area contributed by atoms with E-state index in [4.69, 9.17) is 11.6 Å². The van der Waals surface area contributed by atoms with Crippen molar-refractivity contribution in [2.24, 2.45) is 0 Å². The molecule has 0 radical (unpaired) electrons. The number of rotatable bonds is 4. The number of halogens is 2. The van der Waals surface area contributed by atoms with E-state index < -0.39 is 0 Å². The van der Waals surface area contributed by atoms with Gasteiger partial charge in [0, 0.05) is 22.8 Å². The molecule has 0 spiro atoms. The zero-order valence-electron chi connectivity index (χ0n) is 11.3. The summed E-state index contributed by atoms with van der Waals surface area (Å²) in [7, 11) is 0. The fourth-order valence-corrected chi connectivity index (χ4v) is 2.37. The van der Waals surface area contributed by atoms with Gasteiger partial charge in [0.05, 0.1) is 16.3 Å². The summed E-state index contributed by atoms with van der Waals surface area (Å²) >= 11 is 8.16. The quantitative estimate of drug-likeness (QED) is 0.790. The lowest BCUT2D eigenvalue weighted by Crippen LogP contribution is -2.16. The highest BCUT2D eigenvalue weighted by molar-refractivity contribution is 14.1. The topological polar surface area (TPSA) is 46.9 Å². The standard InChI is InChI=1S/C14H15ClIN3O/c1-9-3-4-11(15)7-13(9)18-14(20)5-6-19-10(2)12(16)8-17-19/h3-4,7-8H,5-6H2,1-2H3,(H,18,20). The van der Waals surface area contributed by atoms with Crippen molar-refractivity contribution in [3.8, 4) is 0 Å². The van der Waals surface area contributed by atoms with Crippen LogP contribution in [0.3, 0.4) is 0 Å². The molecule has 1 aromatic carbocycles. The van der Waals surface area contributed by atoms with E-state index in [2.05, 4.69) is 33.0 Å². The first kappa shape index (κ1) is 15.3. The van der Waals surface area contributed by atoms with Gasteiger partial charge in [0.15, 0.2) is 0 Å². The van der Waals surface area contributed by atoms with Gasteiger partial charge in [0.2, 0.25) is 5.91 Å². The zero-order valence-corrected chi connectivity index (χ0v) is 14.2. The Balaban J connectivity index is 1.96. The van der Waals surface area contributed by atoms with Crippen molar-refractivity contribution in [1.29, 1.82) is 0 Å². The highest BCUT2D eigenvalue weighted by Crippen LogP contribution is 2.20. The number of hydrogen-bond donors (Lipinski definition) is 1. The summed E-state index contributed by atoms with van der Waals surface area (Å²) in [5.41, 5.74) is 2.83. The van der Waals surface area contributed by atoms with Gasteiger partial charge in [0.25, 0.3) is 0 Å². The van der Waals surface area contributed by atoms with E-state index in [1.165, 1.54) is 0 Å². The van der Waals surface area contributed by atoms with Crippen LogP contribution in [0.1, 0.15) is 17.7 Å². The normalized spacial score (nSPS) is 10.6. The molecule has 0 unspecified atom stereocenters. The van der Waals surface area contributed by atoms with Crippen LogP contribution in [-0.2, 0) is 11.3 Å². The molecule has 1 N–H and O–H groups in total. The molecule has 0 aliphatic carbocycles. The molecule has 0 aliphatic heterocycles. The van der Waals surface area contributed by atoms with Gasteiger partial charge in [-0.3, -0.25) is 9.48 Å². The molecule has 4 nitrogen and oxygen atoms in total. The van der Waals surface area contributed by atoms with Gasteiger partial charge in [-0.1, -0.05) is 17.7 Å². The Morgan fingerprint density at radius 2 is 2.20 bits per heavy atom. The number of carbonyl (C=O) groups is 1. The smallest absolute Gasteiger partial charge is 0.226 e. The molecule has 0 fully saturated rings. The molecule has 0 aliphatic rings. The van der Waals surface area contributed by atoms with Crippen molar-refractivity contribution in [3.63, 3.8) is 0 Å². The van der Waals surface area contributed by atoms with E-state index in [1.807, 2.05) is 30.7 Å². The fraction of sp³-hybridized carbons (Fsp3) is 0.286. The molecule has 106 valence electrons. The molecule has 1 aromatic heterocycles. The molecular weight excluding hydrogens is 389 g/mol. The Morgan fingerprint density at radius 1 is 1.45 bits per heavy atom. The molecule has 0 atom stereocenters. The third-order valence-electron chi connectivity index (χ3n) is 3.07. The van der Waals surface area contributed by atoms with Crippen LogP contribution in [0.25, 0.3) is 0 Å². The molecule has 2 rings (SSSR count). The summed E-state index contributed by atoms with van der Waals surface area (Å²) in [5.74, 6) is -0.0414. The number of amides is 1. The molecular formula is C14H15ClIN3O. The summed E-state index contributed by atoms with van der Waals surface area (Å²) in [6.45, 7) is 4.50. The van der Waals surface area contributed by atoms with E-state index in [0.717, 1.165) is 20.5 Å². The van der Waals surface area contributed by atoms with E-state index >= 15 is 0 Å². The lowest BCUT2D eigenvalue weighted by atomic mass is 10.2. The number of anilines is 1. The summed E-state index contributed by atoms with van der Waals surface area (Å²) < 4.78 is 2.94. The average Bonchev–Trinajstić information content (AvgIpc) is 2.72. The minimum absolute atomic E-state index is 0.0414. The maximum atomic E-state index is 12.0. The Morgan fingerprint density at radius 3 is 2.85 bits per heavy atom. The Labute approximate surface area is 136 Å². The highest BCUT2D eigenvalue weighted by Gasteiger charge is 2.08. The SMILES string of the molecule is Cc1ccc(Cl)cc1NC(=O)CCn1ncc(I)c1C. The van der Waals surface area contributed by atoms with E-state index in [1.54, 1.807) is 12.3 Å². The second-order valence-corrected chi connectivity index (χ2v) is 6.16. The van der Waals surface area contributed by atoms with Gasteiger partial charge in [-0.05, 0) is 54.1 Å². The van der Waals surface area contributed by atoms with E-state index in [9.17, 15) is 4.79 Å². The maximum Gasteiger partial charge on any atom is 0.226 e. The fourth-order valence-electron chi connectivity index (χ4n) is 1.80. The summed E-state index contributed by atoms with van der Waals surface area (Å²) in [6, 6.07) is 5.45. The molecule has 20 heavy (non-hydrogen) atoms. The summed E-state index contributed by atoms with van der Waals surface area (Å²) in [4.78, 5) is 12.0. The lowest BCUT2D eigenvalue weighted by molar-refractivity contribution is -0.116. The number of hydrogen-bond acceptors (Lipinski definition) is 2. The third-order valence-corrected chi connectivity index (χ3v) is 4.36. The second kappa shape index (κ2) is 6.58. The van der Waals surface area contributed by atoms with Crippen LogP contribution < -0.4 is 5.32 Å². The summed E-state index contributed by atoms with van der Waals surface area (Å²) in [6.07, 6.45) is 2.18. The molecule has 0 saturated carbocycles. The average molecular weight is 404 g/mol. The molecule has 6 heteroatoms. The molecule has 1 heterocycles. The first-order valence-corrected chi connectivity index (χ1v) is 7.67. The van der Waals surface area contributed by atoms with Crippen LogP contribution in [0.5, 0.6) is 0 Å².